The first-order valence-electron chi connectivity index (χ1n) is 5.66. The highest BCUT2D eigenvalue weighted by Crippen LogP contribution is 2.27. The van der Waals surface area contributed by atoms with Gasteiger partial charge in [-0.2, -0.15) is 0 Å². The van der Waals surface area contributed by atoms with Crippen LogP contribution in [0.1, 0.15) is 17.3 Å². The number of nitrogens with two attached hydrogens (primary N) is 1. The van der Waals surface area contributed by atoms with Gasteiger partial charge in [0, 0.05) is 13.2 Å². The van der Waals surface area contributed by atoms with Gasteiger partial charge in [0.1, 0.15) is 5.75 Å². The first-order valence-corrected chi connectivity index (χ1v) is 6.45. The Labute approximate surface area is 115 Å². The van der Waals surface area contributed by atoms with Crippen LogP contribution in [0.25, 0.3) is 0 Å². The van der Waals surface area contributed by atoms with Crippen LogP contribution in [0.2, 0.25) is 0 Å². The molecule has 0 bridgehead atoms. The van der Waals surface area contributed by atoms with E-state index in [1.165, 1.54) is 0 Å². The minimum absolute atomic E-state index is 0.0912. The van der Waals surface area contributed by atoms with Gasteiger partial charge in [0.05, 0.1) is 29.6 Å². The number of hydrogen-bond donors (Lipinski definition) is 1. The van der Waals surface area contributed by atoms with Gasteiger partial charge in [0.2, 0.25) is 0 Å². The van der Waals surface area contributed by atoms with Crippen molar-refractivity contribution in [2.75, 3.05) is 7.11 Å². The molecule has 2 aromatic rings. The molecule has 2 rings (SSSR count). The second-order valence-electron chi connectivity index (χ2n) is 4.24. The molecule has 2 N–H and O–H groups in total. The van der Waals surface area contributed by atoms with Crippen LogP contribution in [0.4, 0.5) is 0 Å². The molecule has 0 saturated heterocycles. The standard InChI is InChI=1S/C13H16BrN3O/c1-17-7-12(16-8-17)11(15)6-9-3-4-13(18-2)10(14)5-9/h3-5,7-8,11H,6,15H2,1-2H3. The van der Waals surface area contributed by atoms with Gasteiger partial charge in [-0.3, -0.25) is 0 Å². The fourth-order valence-corrected chi connectivity index (χ4v) is 2.41. The van der Waals surface area contributed by atoms with E-state index in [2.05, 4.69) is 20.9 Å². The zero-order valence-corrected chi connectivity index (χ0v) is 12.0. The second kappa shape index (κ2) is 5.54. The van der Waals surface area contributed by atoms with Crippen LogP contribution in [-0.2, 0) is 13.5 Å². The van der Waals surface area contributed by atoms with E-state index in [4.69, 9.17) is 10.5 Å². The molecule has 0 amide bonds. The molecule has 0 aliphatic heterocycles. The van der Waals surface area contributed by atoms with Gasteiger partial charge in [-0.25, -0.2) is 4.98 Å². The number of nitrogens with zero attached hydrogens (tertiary/aromatic N) is 2. The van der Waals surface area contributed by atoms with Gasteiger partial charge in [0.25, 0.3) is 0 Å². The van der Waals surface area contributed by atoms with Crippen molar-refractivity contribution >= 4 is 15.9 Å². The number of aromatic nitrogens is 2. The lowest BCUT2D eigenvalue weighted by molar-refractivity contribution is 0.412. The predicted octanol–water partition coefficient (Wildman–Crippen LogP) is 2.43. The van der Waals surface area contributed by atoms with Crippen LogP contribution in [0, 0.1) is 0 Å². The molecule has 1 heterocycles. The van der Waals surface area contributed by atoms with Gasteiger partial charge >= 0.3 is 0 Å². The summed E-state index contributed by atoms with van der Waals surface area (Å²) in [6.45, 7) is 0. The number of halogens is 1. The van der Waals surface area contributed by atoms with E-state index in [-0.39, 0.29) is 6.04 Å². The highest BCUT2D eigenvalue weighted by atomic mass is 79.9. The molecule has 0 aliphatic rings. The Balaban J connectivity index is 2.12. The minimum atomic E-state index is -0.0912. The molecular formula is C13H16BrN3O. The zero-order chi connectivity index (χ0) is 13.1. The summed E-state index contributed by atoms with van der Waals surface area (Å²) in [6, 6.07) is 5.89. The van der Waals surface area contributed by atoms with Gasteiger partial charge < -0.3 is 15.0 Å². The van der Waals surface area contributed by atoms with E-state index in [0.717, 1.165) is 27.9 Å². The number of rotatable bonds is 4. The third kappa shape index (κ3) is 2.91. The number of benzene rings is 1. The van der Waals surface area contributed by atoms with Crippen LogP contribution in [0.3, 0.4) is 0 Å². The molecule has 0 fully saturated rings. The smallest absolute Gasteiger partial charge is 0.133 e. The highest BCUT2D eigenvalue weighted by Gasteiger charge is 2.11. The third-order valence-electron chi connectivity index (χ3n) is 2.78. The Bertz CT molecular complexity index is 539. The number of methoxy groups -OCH3 is 1. The Hall–Kier alpha value is -1.33. The number of imidazole rings is 1. The lowest BCUT2D eigenvalue weighted by Crippen LogP contribution is -2.13. The van der Waals surface area contributed by atoms with Crippen molar-refractivity contribution in [2.45, 2.75) is 12.5 Å². The van der Waals surface area contributed by atoms with Gasteiger partial charge in [-0.1, -0.05) is 6.07 Å². The SMILES string of the molecule is COc1ccc(CC(N)c2cn(C)cn2)cc1Br. The van der Waals surface area contributed by atoms with Crippen molar-refractivity contribution in [3.8, 4) is 5.75 Å². The minimum Gasteiger partial charge on any atom is -0.496 e. The quantitative estimate of drug-likeness (QED) is 0.943. The maximum atomic E-state index is 6.14. The molecule has 1 atom stereocenters. The molecule has 1 aromatic heterocycles. The molecule has 0 spiro atoms. The van der Waals surface area contributed by atoms with Crippen LogP contribution in [0.5, 0.6) is 5.75 Å². The lowest BCUT2D eigenvalue weighted by atomic mass is 10.0. The van der Waals surface area contributed by atoms with E-state index < -0.39 is 0 Å². The Kier molecular flexibility index (Phi) is 4.04. The van der Waals surface area contributed by atoms with Crippen molar-refractivity contribution < 1.29 is 4.74 Å². The van der Waals surface area contributed by atoms with Gasteiger partial charge in [-0.05, 0) is 40.0 Å². The van der Waals surface area contributed by atoms with Crippen molar-refractivity contribution in [3.63, 3.8) is 0 Å². The summed E-state index contributed by atoms with van der Waals surface area (Å²) in [5.41, 5.74) is 8.20. The van der Waals surface area contributed by atoms with Gasteiger partial charge in [0.15, 0.2) is 0 Å². The van der Waals surface area contributed by atoms with E-state index in [1.807, 2.05) is 36.0 Å². The Morgan fingerprint density at radius 2 is 2.28 bits per heavy atom. The fourth-order valence-electron chi connectivity index (χ4n) is 1.82. The van der Waals surface area contributed by atoms with Crippen LogP contribution < -0.4 is 10.5 Å². The molecule has 96 valence electrons. The average molecular weight is 310 g/mol. The third-order valence-corrected chi connectivity index (χ3v) is 3.40. The first-order chi connectivity index (χ1) is 8.60. The Morgan fingerprint density at radius 1 is 1.50 bits per heavy atom. The number of aryl methyl sites for hydroxylation is 1. The normalized spacial score (nSPS) is 12.4. The van der Waals surface area contributed by atoms with E-state index in [0.29, 0.717) is 0 Å². The molecule has 1 unspecified atom stereocenters. The van der Waals surface area contributed by atoms with Crippen LogP contribution in [-0.4, -0.2) is 16.7 Å². The van der Waals surface area contributed by atoms with Gasteiger partial charge in [-0.15, -0.1) is 0 Å². The second-order valence-corrected chi connectivity index (χ2v) is 5.10. The van der Waals surface area contributed by atoms with Crippen LogP contribution in [0.15, 0.2) is 35.2 Å². The lowest BCUT2D eigenvalue weighted by Gasteiger charge is -2.10. The molecule has 5 heteroatoms. The average Bonchev–Trinajstić information content (AvgIpc) is 2.76. The summed E-state index contributed by atoms with van der Waals surface area (Å²) in [5, 5.41) is 0. The maximum Gasteiger partial charge on any atom is 0.133 e. The highest BCUT2D eigenvalue weighted by molar-refractivity contribution is 9.10. The largest absolute Gasteiger partial charge is 0.496 e. The van der Waals surface area contributed by atoms with Crippen molar-refractivity contribution in [2.24, 2.45) is 12.8 Å². The molecule has 4 nitrogen and oxygen atoms in total. The van der Waals surface area contributed by atoms with E-state index in [1.54, 1.807) is 13.4 Å². The molecule has 0 radical (unpaired) electrons. The van der Waals surface area contributed by atoms with Crippen LogP contribution >= 0.6 is 15.9 Å². The number of ether oxygens (including phenoxy) is 1. The fraction of sp³-hybridized carbons (Fsp3) is 0.308. The molecule has 0 aliphatic carbocycles. The molecular weight excluding hydrogens is 294 g/mol. The predicted molar refractivity (Wildman–Crippen MR) is 74.5 cm³/mol. The summed E-state index contributed by atoms with van der Waals surface area (Å²) in [4.78, 5) is 4.27. The summed E-state index contributed by atoms with van der Waals surface area (Å²) >= 11 is 3.47. The van der Waals surface area contributed by atoms with Crippen molar-refractivity contribution in [3.05, 3.63) is 46.5 Å². The summed E-state index contributed by atoms with van der Waals surface area (Å²) in [6.07, 6.45) is 4.46. The monoisotopic (exact) mass is 309 g/mol. The summed E-state index contributed by atoms with van der Waals surface area (Å²) in [5.74, 6) is 0.824. The first kappa shape index (κ1) is 13.1. The molecule has 1 aromatic carbocycles. The maximum absolute atomic E-state index is 6.14. The van der Waals surface area contributed by atoms with Crippen molar-refractivity contribution in [1.82, 2.24) is 9.55 Å². The summed E-state index contributed by atoms with van der Waals surface area (Å²) in [7, 11) is 3.59. The topological polar surface area (TPSA) is 53.1 Å². The van der Waals surface area contributed by atoms with E-state index in [9.17, 15) is 0 Å². The van der Waals surface area contributed by atoms with Crippen molar-refractivity contribution in [1.29, 1.82) is 0 Å². The van der Waals surface area contributed by atoms with E-state index >= 15 is 0 Å². The molecule has 0 saturated carbocycles. The molecule has 18 heavy (non-hydrogen) atoms. The Morgan fingerprint density at radius 3 is 2.83 bits per heavy atom. The summed E-state index contributed by atoms with van der Waals surface area (Å²) < 4.78 is 8.04. The zero-order valence-electron chi connectivity index (χ0n) is 10.4. The number of hydrogen-bond acceptors (Lipinski definition) is 3.